The van der Waals surface area contributed by atoms with Crippen molar-refractivity contribution in [3.8, 4) is 0 Å². The van der Waals surface area contributed by atoms with Gasteiger partial charge in [-0.1, -0.05) is 0 Å². The van der Waals surface area contributed by atoms with Crippen LogP contribution in [0.25, 0.3) is 6.08 Å². The van der Waals surface area contributed by atoms with Gasteiger partial charge in [0.2, 0.25) is 5.91 Å². The number of aromatic nitrogens is 3. The summed E-state index contributed by atoms with van der Waals surface area (Å²) in [6.07, 6.45) is 8.04. The highest BCUT2D eigenvalue weighted by Crippen LogP contribution is 2.17. The molecule has 0 N–H and O–H groups in total. The van der Waals surface area contributed by atoms with Crippen LogP contribution in [-0.4, -0.2) is 38.7 Å². The molecule has 0 atom stereocenters. The van der Waals surface area contributed by atoms with Crippen LogP contribution in [0.15, 0.2) is 41.5 Å². The summed E-state index contributed by atoms with van der Waals surface area (Å²) < 4.78 is 6.93. The maximum Gasteiger partial charge on any atom is 0.246 e. The van der Waals surface area contributed by atoms with Gasteiger partial charge in [-0.15, -0.1) is 0 Å². The summed E-state index contributed by atoms with van der Waals surface area (Å²) in [7, 11) is 0. The van der Waals surface area contributed by atoms with Crippen molar-refractivity contribution in [3.05, 3.63) is 42.9 Å². The number of amides is 1. The van der Waals surface area contributed by atoms with E-state index >= 15 is 0 Å². The van der Waals surface area contributed by atoms with Crippen molar-refractivity contribution < 1.29 is 9.21 Å². The molecule has 6 heteroatoms. The Morgan fingerprint density at radius 1 is 1.53 bits per heavy atom. The molecule has 98 valence electrons. The number of nitrogens with zero attached hydrogens (tertiary/aromatic N) is 4. The summed E-state index contributed by atoms with van der Waals surface area (Å²) in [4.78, 5) is 17.5. The maximum atomic E-state index is 11.8. The van der Waals surface area contributed by atoms with Gasteiger partial charge in [-0.25, -0.2) is 4.98 Å². The van der Waals surface area contributed by atoms with Gasteiger partial charge in [-0.2, -0.15) is 5.10 Å². The number of hydrogen-bond donors (Lipinski definition) is 0. The zero-order chi connectivity index (χ0) is 13.1. The summed E-state index contributed by atoms with van der Waals surface area (Å²) in [5, 5.41) is 4.05. The summed E-state index contributed by atoms with van der Waals surface area (Å²) in [5.74, 6) is 1.17. The number of carbonyl (C=O) groups excluding carboxylic acids is 1. The number of likely N-dealkylation sites (tertiary alicyclic amines) is 1. The van der Waals surface area contributed by atoms with Crippen LogP contribution < -0.4 is 0 Å². The highest BCUT2D eigenvalue weighted by molar-refractivity contribution is 5.91. The van der Waals surface area contributed by atoms with Crippen LogP contribution >= 0.6 is 0 Å². The number of hydrogen-bond acceptors (Lipinski definition) is 4. The van der Waals surface area contributed by atoms with Gasteiger partial charge in [0, 0.05) is 31.6 Å². The molecule has 0 radical (unpaired) electrons. The summed E-state index contributed by atoms with van der Waals surface area (Å²) in [5.41, 5.74) is 0. The SMILES string of the molecule is O=C(C=Cc1ccco1)N1CC(Cn2cncn2)C1. The largest absolute Gasteiger partial charge is 0.465 e. The number of carbonyl (C=O) groups is 1. The first-order valence-electron chi connectivity index (χ1n) is 6.14. The predicted octanol–water partition coefficient (Wildman–Crippen LogP) is 1.04. The standard InChI is InChI=1S/C13H14N4O2/c18-13(4-3-12-2-1-5-19-12)16-6-11(7-16)8-17-10-14-9-15-17/h1-5,9-11H,6-8H2. The van der Waals surface area contributed by atoms with Crippen molar-refractivity contribution in [2.75, 3.05) is 13.1 Å². The first-order chi connectivity index (χ1) is 9.31. The molecule has 1 aliphatic rings. The molecular formula is C13H14N4O2. The van der Waals surface area contributed by atoms with Crippen LogP contribution in [0.3, 0.4) is 0 Å². The van der Waals surface area contributed by atoms with Crippen molar-refractivity contribution in [3.63, 3.8) is 0 Å². The fraction of sp³-hybridized carbons (Fsp3) is 0.308. The summed E-state index contributed by atoms with van der Waals surface area (Å²) in [6, 6.07) is 3.61. The maximum absolute atomic E-state index is 11.8. The van der Waals surface area contributed by atoms with Crippen LogP contribution in [0.4, 0.5) is 0 Å². The van der Waals surface area contributed by atoms with Gasteiger partial charge in [0.1, 0.15) is 18.4 Å². The van der Waals surface area contributed by atoms with E-state index in [1.54, 1.807) is 40.4 Å². The lowest BCUT2D eigenvalue weighted by molar-refractivity contribution is -0.132. The Kier molecular flexibility index (Phi) is 3.14. The van der Waals surface area contributed by atoms with Crippen LogP contribution in [0.2, 0.25) is 0 Å². The second-order valence-corrected chi connectivity index (χ2v) is 4.58. The molecule has 2 aromatic rings. The minimum Gasteiger partial charge on any atom is -0.465 e. The zero-order valence-corrected chi connectivity index (χ0v) is 10.3. The van der Waals surface area contributed by atoms with Crippen molar-refractivity contribution in [1.82, 2.24) is 19.7 Å². The molecule has 0 spiro atoms. The smallest absolute Gasteiger partial charge is 0.246 e. The van der Waals surface area contributed by atoms with E-state index < -0.39 is 0 Å². The van der Waals surface area contributed by atoms with Crippen LogP contribution in [-0.2, 0) is 11.3 Å². The molecule has 2 aromatic heterocycles. The van der Waals surface area contributed by atoms with E-state index in [4.69, 9.17) is 4.42 Å². The monoisotopic (exact) mass is 258 g/mol. The Morgan fingerprint density at radius 2 is 2.42 bits per heavy atom. The third-order valence-corrected chi connectivity index (χ3v) is 3.11. The zero-order valence-electron chi connectivity index (χ0n) is 10.3. The van der Waals surface area contributed by atoms with Crippen LogP contribution in [0.5, 0.6) is 0 Å². The lowest BCUT2D eigenvalue weighted by Crippen LogP contribution is -2.50. The quantitative estimate of drug-likeness (QED) is 0.769. The van der Waals surface area contributed by atoms with Gasteiger partial charge < -0.3 is 9.32 Å². The van der Waals surface area contributed by atoms with E-state index in [0.717, 1.165) is 19.6 Å². The van der Waals surface area contributed by atoms with Gasteiger partial charge in [0.15, 0.2) is 0 Å². The molecule has 19 heavy (non-hydrogen) atoms. The highest BCUT2D eigenvalue weighted by Gasteiger charge is 2.29. The average molecular weight is 258 g/mol. The van der Waals surface area contributed by atoms with Gasteiger partial charge in [-0.3, -0.25) is 9.48 Å². The molecule has 3 rings (SSSR count). The topological polar surface area (TPSA) is 64.2 Å². The van der Waals surface area contributed by atoms with Gasteiger partial charge in [0.25, 0.3) is 0 Å². The van der Waals surface area contributed by atoms with E-state index in [-0.39, 0.29) is 5.91 Å². The number of furan rings is 1. The van der Waals surface area contributed by atoms with Crippen molar-refractivity contribution >= 4 is 12.0 Å². The average Bonchev–Trinajstić information content (AvgIpc) is 3.03. The molecule has 1 amide bonds. The Labute approximate surface area is 110 Å². The molecule has 1 fully saturated rings. The first kappa shape index (κ1) is 11.7. The normalized spacial score (nSPS) is 15.9. The third kappa shape index (κ3) is 2.73. The van der Waals surface area contributed by atoms with E-state index in [1.165, 1.54) is 6.33 Å². The van der Waals surface area contributed by atoms with Gasteiger partial charge >= 0.3 is 0 Å². The molecule has 1 aliphatic heterocycles. The Morgan fingerprint density at radius 3 is 3.11 bits per heavy atom. The van der Waals surface area contributed by atoms with E-state index in [2.05, 4.69) is 10.1 Å². The minimum atomic E-state index is 0.0197. The Hall–Kier alpha value is -2.37. The molecule has 0 aromatic carbocycles. The van der Waals surface area contributed by atoms with E-state index in [9.17, 15) is 4.79 Å². The van der Waals surface area contributed by atoms with Crippen molar-refractivity contribution in [2.24, 2.45) is 5.92 Å². The van der Waals surface area contributed by atoms with Gasteiger partial charge in [0.05, 0.1) is 6.26 Å². The lowest BCUT2D eigenvalue weighted by Gasteiger charge is -2.38. The predicted molar refractivity (Wildman–Crippen MR) is 67.8 cm³/mol. The second kappa shape index (κ2) is 5.09. The minimum absolute atomic E-state index is 0.0197. The Balaban J connectivity index is 1.46. The molecule has 1 saturated heterocycles. The summed E-state index contributed by atoms with van der Waals surface area (Å²) in [6.45, 7) is 2.34. The first-order valence-corrected chi connectivity index (χ1v) is 6.14. The highest BCUT2D eigenvalue weighted by atomic mass is 16.3. The molecule has 0 aliphatic carbocycles. The Bertz CT molecular complexity index is 553. The van der Waals surface area contributed by atoms with Crippen molar-refractivity contribution in [1.29, 1.82) is 0 Å². The molecule has 0 bridgehead atoms. The third-order valence-electron chi connectivity index (χ3n) is 3.11. The molecule has 0 saturated carbocycles. The molecule has 3 heterocycles. The molecule has 0 unspecified atom stereocenters. The van der Waals surface area contributed by atoms with Crippen LogP contribution in [0, 0.1) is 5.92 Å². The molecular weight excluding hydrogens is 244 g/mol. The van der Waals surface area contributed by atoms with Gasteiger partial charge in [-0.05, 0) is 18.2 Å². The molecule has 6 nitrogen and oxygen atoms in total. The van der Waals surface area contributed by atoms with Crippen LogP contribution in [0.1, 0.15) is 5.76 Å². The second-order valence-electron chi connectivity index (χ2n) is 4.58. The fourth-order valence-corrected chi connectivity index (χ4v) is 2.10. The van der Waals surface area contributed by atoms with E-state index in [0.29, 0.717) is 11.7 Å². The van der Waals surface area contributed by atoms with E-state index in [1.807, 2.05) is 6.07 Å². The fourth-order valence-electron chi connectivity index (χ4n) is 2.10. The van der Waals surface area contributed by atoms with Crippen molar-refractivity contribution in [2.45, 2.75) is 6.54 Å². The lowest BCUT2D eigenvalue weighted by atomic mass is 10.0. The number of rotatable bonds is 4. The summed E-state index contributed by atoms with van der Waals surface area (Å²) >= 11 is 0.